The number of hydrogen-bond acceptors (Lipinski definition) is 3. The summed E-state index contributed by atoms with van der Waals surface area (Å²) in [5.74, 6) is 0.479. The molecule has 1 saturated heterocycles. The van der Waals surface area contributed by atoms with Crippen LogP contribution in [0.25, 0.3) is 0 Å². The molecule has 176 valence electrons. The van der Waals surface area contributed by atoms with Gasteiger partial charge in [0.15, 0.2) is 0 Å². The molecule has 1 heterocycles. The van der Waals surface area contributed by atoms with Gasteiger partial charge >= 0.3 is 6.03 Å². The Labute approximate surface area is 197 Å². The second kappa shape index (κ2) is 10.5. The van der Waals surface area contributed by atoms with Crippen molar-refractivity contribution in [2.45, 2.75) is 63.8 Å². The van der Waals surface area contributed by atoms with Crippen molar-refractivity contribution >= 4 is 6.03 Å². The summed E-state index contributed by atoms with van der Waals surface area (Å²) in [6, 6.07) is 18.8. The Balaban J connectivity index is 1.71. The van der Waals surface area contributed by atoms with E-state index < -0.39 is 24.3 Å². The van der Waals surface area contributed by atoms with Gasteiger partial charge in [0, 0.05) is 13.1 Å². The average Bonchev–Trinajstić information content (AvgIpc) is 3.65. The zero-order chi connectivity index (χ0) is 23.4. The number of aliphatic hydroxyl groups excluding tert-OH is 2. The van der Waals surface area contributed by atoms with Crippen LogP contribution in [0.2, 0.25) is 0 Å². The van der Waals surface area contributed by atoms with Gasteiger partial charge in [0.05, 0.1) is 12.1 Å². The third-order valence-electron chi connectivity index (χ3n) is 6.85. The van der Waals surface area contributed by atoms with Gasteiger partial charge in [-0.1, -0.05) is 72.3 Å². The van der Waals surface area contributed by atoms with Gasteiger partial charge in [-0.05, 0) is 56.6 Å². The third kappa shape index (κ3) is 5.84. The first-order valence-corrected chi connectivity index (χ1v) is 12.1. The zero-order valence-electron chi connectivity index (χ0n) is 19.7. The van der Waals surface area contributed by atoms with Gasteiger partial charge in [-0.2, -0.15) is 0 Å². The van der Waals surface area contributed by atoms with Crippen LogP contribution in [0.4, 0.5) is 4.79 Å². The quantitative estimate of drug-likeness (QED) is 0.599. The van der Waals surface area contributed by atoms with Gasteiger partial charge in [-0.15, -0.1) is 0 Å². The SMILES string of the molecule is CC(C)=CCN1C(=O)N(CC2CC2)[C@H](Cc2ccccc2)[C@H](O)[C@@H](O)[C@H]1Cc1ccccc1. The summed E-state index contributed by atoms with van der Waals surface area (Å²) in [5.41, 5.74) is 3.22. The van der Waals surface area contributed by atoms with Crippen molar-refractivity contribution in [3.63, 3.8) is 0 Å². The second-order valence-electron chi connectivity index (χ2n) is 9.81. The van der Waals surface area contributed by atoms with Crippen LogP contribution in [0.5, 0.6) is 0 Å². The van der Waals surface area contributed by atoms with Crippen LogP contribution in [-0.4, -0.2) is 63.4 Å². The van der Waals surface area contributed by atoms with Crippen LogP contribution < -0.4 is 0 Å². The van der Waals surface area contributed by atoms with Gasteiger partial charge in [-0.3, -0.25) is 0 Å². The molecule has 0 bridgehead atoms. The summed E-state index contributed by atoms with van der Waals surface area (Å²) in [7, 11) is 0. The standard InChI is InChI=1S/C28H36N2O3/c1-20(2)15-16-29-24(17-21-9-5-3-6-10-21)26(31)27(32)25(18-22-11-7-4-8-12-22)30(28(29)33)19-23-13-14-23/h3-12,15,23-27,31-32H,13-14,16-19H2,1-2H3/t24-,25-,26+,27+/m1/s1. The molecule has 2 fully saturated rings. The molecule has 5 heteroatoms. The number of allylic oxidation sites excluding steroid dienone is 1. The highest BCUT2D eigenvalue weighted by atomic mass is 16.3. The first kappa shape index (κ1) is 23.5. The summed E-state index contributed by atoms with van der Waals surface area (Å²) in [6.07, 6.45) is 3.20. The highest BCUT2D eigenvalue weighted by molar-refractivity contribution is 5.76. The summed E-state index contributed by atoms with van der Waals surface area (Å²) in [6.45, 7) is 5.07. The first-order valence-electron chi connectivity index (χ1n) is 12.1. The Bertz CT molecular complexity index is 938. The van der Waals surface area contributed by atoms with E-state index in [1.54, 1.807) is 4.90 Å². The van der Waals surface area contributed by atoms with E-state index in [1.807, 2.05) is 85.5 Å². The largest absolute Gasteiger partial charge is 0.388 e. The van der Waals surface area contributed by atoms with Crippen LogP contribution in [0.15, 0.2) is 72.3 Å². The monoisotopic (exact) mass is 448 g/mol. The molecule has 2 amide bonds. The Morgan fingerprint density at radius 1 is 0.848 bits per heavy atom. The van der Waals surface area contributed by atoms with Crippen LogP contribution in [0.1, 0.15) is 37.8 Å². The Morgan fingerprint density at radius 3 is 1.79 bits per heavy atom. The maximum Gasteiger partial charge on any atom is 0.321 e. The molecule has 1 aliphatic carbocycles. The number of carbonyl (C=O) groups is 1. The fraction of sp³-hybridized carbons (Fsp3) is 0.464. The van der Waals surface area contributed by atoms with Gasteiger partial charge in [0.1, 0.15) is 12.2 Å². The van der Waals surface area contributed by atoms with Crippen LogP contribution in [0.3, 0.4) is 0 Å². The van der Waals surface area contributed by atoms with Gasteiger partial charge in [-0.25, -0.2) is 4.79 Å². The fourth-order valence-corrected chi connectivity index (χ4v) is 4.73. The van der Waals surface area contributed by atoms with E-state index in [2.05, 4.69) is 0 Å². The number of urea groups is 1. The van der Waals surface area contributed by atoms with Gasteiger partial charge in [0.2, 0.25) is 0 Å². The molecule has 2 N–H and O–H groups in total. The summed E-state index contributed by atoms with van der Waals surface area (Å²) < 4.78 is 0. The van der Waals surface area contributed by atoms with Crippen LogP contribution in [-0.2, 0) is 12.8 Å². The van der Waals surface area contributed by atoms with Crippen molar-refractivity contribution in [1.29, 1.82) is 0 Å². The molecule has 2 aromatic rings. The Hall–Kier alpha value is -2.63. The molecule has 1 saturated carbocycles. The second-order valence-corrected chi connectivity index (χ2v) is 9.81. The predicted molar refractivity (Wildman–Crippen MR) is 131 cm³/mol. The van der Waals surface area contributed by atoms with Crippen molar-refractivity contribution in [1.82, 2.24) is 9.80 Å². The molecule has 5 nitrogen and oxygen atoms in total. The van der Waals surface area contributed by atoms with Crippen LogP contribution >= 0.6 is 0 Å². The molecular formula is C28H36N2O3. The van der Waals surface area contributed by atoms with Crippen molar-refractivity contribution < 1.29 is 15.0 Å². The first-order chi connectivity index (χ1) is 15.9. The molecule has 2 aromatic carbocycles. The molecule has 0 unspecified atom stereocenters. The third-order valence-corrected chi connectivity index (χ3v) is 6.85. The normalized spacial score (nSPS) is 25.6. The van der Waals surface area contributed by atoms with Gasteiger partial charge in [0.25, 0.3) is 0 Å². The smallest absolute Gasteiger partial charge is 0.321 e. The number of amides is 2. The number of rotatable bonds is 8. The van der Waals surface area contributed by atoms with E-state index in [1.165, 1.54) is 0 Å². The summed E-state index contributed by atoms with van der Waals surface area (Å²) in [5, 5.41) is 22.9. The highest BCUT2D eigenvalue weighted by Crippen LogP contribution is 2.34. The van der Waals surface area contributed by atoms with Crippen molar-refractivity contribution in [2.24, 2.45) is 5.92 Å². The predicted octanol–water partition coefficient (Wildman–Crippen LogP) is 4.04. The molecule has 4 atom stereocenters. The summed E-state index contributed by atoms with van der Waals surface area (Å²) >= 11 is 0. The topological polar surface area (TPSA) is 64.0 Å². The molecule has 1 aliphatic heterocycles. The number of nitrogens with zero attached hydrogens (tertiary/aromatic N) is 2. The highest BCUT2D eigenvalue weighted by Gasteiger charge is 2.47. The summed E-state index contributed by atoms with van der Waals surface area (Å²) in [4.78, 5) is 17.6. The van der Waals surface area contributed by atoms with Crippen molar-refractivity contribution in [3.05, 3.63) is 83.4 Å². The lowest BCUT2D eigenvalue weighted by atomic mass is 9.91. The lowest BCUT2D eigenvalue weighted by molar-refractivity contribution is -0.0389. The lowest BCUT2D eigenvalue weighted by Gasteiger charge is -2.35. The van der Waals surface area contributed by atoms with E-state index in [9.17, 15) is 15.0 Å². The van der Waals surface area contributed by atoms with Crippen LogP contribution in [0, 0.1) is 5.92 Å². The van der Waals surface area contributed by atoms with E-state index in [0.717, 1.165) is 29.5 Å². The maximum absolute atomic E-state index is 14.0. The zero-order valence-corrected chi connectivity index (χ0v) is 19.7. The lowest BCUT2D eigenvalue weighted by Crippen LogP contribution is -2.51. The number of hydrogen-bond donors (Lipinski definition) is 2. The molecule has 2 aliphatic rings. The fourth-order valence-electron chi connectivity index (χ4n) is 4.73. The van der Waals surface area contributed by atoms with E-state index in [-0.39, 0.29) is 6.03 Å². The van der Waals surface area contributed by atoms with Crippen molar-refractivity contribution in [3.8, 4) is 0 Å². The van der Waals surface area contributed by atoms with Crippen molar-refractivity contribution in [2.75, 3.05) is 13.1 Å². The number of carbonyl (C=O) groups excluding carboxylic acids is 1. The Kier molecular flexibility index (Phi) is 7.51. The van der Waals surface area contributed by atoms with E-state index >= 15 is 0 Å². The molecule has 0 aromatic heterocycles. The minimum Gasteiger partial charge on any atom is -0.388 e. The number of benzene rings is 2. The average molecular weight is 449 g/mol. The molecule has 4 rings (SSSR count). The molecule has 33 heavy (non-hydrogen) atoms. The number of aliphatic hydroxyl groups is 2. The van der Waals surface area contributed by atoms with E-state index in [4.69, 9.17) is 0 Å². The molecular weight excluding hydrogens is 412 g/mol. The van der Waals surface area contributed by atoms with Gasteiger partial charge < -0.3 is 20.0 Å². The van der Waals surface area contributed by atoms with E-state index in [0.29, 0.717) is 31.8 Å². The Morgan fingerprint density at radius 2 is 1.33 bits per heavy atom. The minimum atomic E-state index is -1.04. The maximum atomic E-state index is 14.0. The molecule has 0 spiro atoms. The molecule has 0 radical (unpaired) electrons. The minimum absolute atomic E-state index is 0.0862.